The molecule has 0 spiro atoms. The van der Waals surface area contributed by atoms with Crippen LogP contribution in [0.5, 0.6) is 5.75 Å². The number of ether oxygens (including phenoxy) is 1. The first-order valence-corrected chi connectivity index (χ1v) is 11.5. The van der Waals surface area contributed by atoms with Gasteiger partial charge in [0.15, 0.2) is 0 Å². The Bertz CT molecular complexity index is 1130. The van der Waals surface area contributed by atoms with Crippen LogP contribution in [-0.2, 0) is 10.0 Å². The number of amides is 1. The number of carbonyl (C=O) groups is 1. The number of aryl methyl sites for hydroxylation is 1. The molecule has 0 heterocycles. The maximum Gasteiger partial charge on any atom is 0.261 e. The summed E-state index contributed by atoms with van der Waals surface area (Å²) in [6.07, 6.45) is 0.660. The van der Waals surface area contributed by atoms with Gasteiger partial charge in [-0.2, -0.15) is 0 Å². The molecule has 3 rings (SSSR count). The number of hydrogen-bond donors (Lipinski definition) is 2. The van der Waals surface area contributed by atoms with E-state index in [1.165, 1.54) is 24.3 Å². The summed E-state index contributed by atoms with van der Waals surface area (Å²) in [5.74, 6) is 0.534. The van der Waals surface area contributed by atoms with Gasteiger partial charge in [0.2, 0.25) is 0 Å². The first kappa shape index (κ1) is 22.4. The minimum absolute atomic E-state index is 0.0983. The number of benzene rings is 3. The molecular formula is C24H26N2O4S. The lowest BCUT2D eigenvalue weighted by Gasteiger charge is -2.12. The SMILES string of the molecule is Cc1cccc(NS(=O)(=O)c2ccc(C(=O)NCCCOc3ccccc3)cc2)c1C. The Morgan fingerprint density at radius 1 is 0.903 bits per heavy atom. The maximum absolute atomic E-state index is 12.7. The average molecular weight is 439 g/mol. The smallest absolute Gasteiger partial charge is 0.261 e. The van der Waals surface area contributed by atoms with Gasteiger partial charge in [-0.25, -0.2) is 8.42 Å². The minimum atomic E-state index is -3.74. The van der Waals surface area contributed by atoms with Gasteiger partial charge in [0.1, 0.15) is 5.75 Å². The summed E-state index contributed by atoms with van der Waals surface area (Å²) in [5, 5.41) is 2.81. The highest BCUT2D eigenvalue weighted by Crippen LogP contribution is 2.22. The lowest BCUT2D eigenvalue weighted by Crippen LogP contribution is -2.25. The van der Waals surface area contributed by atoms with Crippen LogP contribution in [0.1, 0.15) is 27.9 Å². The molecule has 0 unspecified atom stereocenters. The highest BCUT2D eigenvalue weighted by atomic mass is 32.2. The number of sulfonamides is 1. The number of nitrogens with one attached hydrogen (secondary N) is 2. The van der Waals surface area contributed by atoms with Crippen molar-refractivity contribution in [3.63, 3.8) is 0 Å². The van der Waals surface area contributed by atoms with Crippen molar-refractivity contribution in [1.82, 2.24) is 5.32 Å². The van der Waals surface area contributed by atoms with E-state index in [1.807, 2.05) is 50.2 Å². The maximum atomic E-state index is 12.7. The predicted molar refractivity (Wildman–Crippen MR) is 122 cm³/mol. The summed E-state index contributed by atoms with van der Waals surface area (Å²) < 4.78 is 33.6. The molecule has 6 nitrogen and oxygen atoms in total. The minimum Gasteiger partial charge on any atom is -0.494 e. The van der Waals surface area contributed by atoms with Gasteiger partial charge in [-0.05, 0) is 73.9 Å². The van der Waals surface area contributed by atoms with Crippen molar-refractivity contribution in [3.05, 3.63) is 89.5 Å². The first-order chi connectivity index (χ1) is 14.9. The fourth-order valence-electron chi connectivity index (χ4n) is 2.93. The molecule has 162 valence electrons. The van der Waals surface area contributed by atoms with Crippen LogP contribution in [0, 0.1) is 13.8 Å². The molecule has 1 amide bonds. The van der Waals surface area contributed by atoms with E-state index in [-0.39, 0.29) is 10.8 Å². The second kappa shape index (κ2) is 10.1. The van der Waals surface area contributed by atoms with Gasteiger partial charge in [-0.3, -0.25) is 9.52 Å². The summed E-state index contributed by atoms with van der Waals surface area (Å²) in [5.41, 5.74) is 2.81. The zero-order chi connectivity index (χ0) is 22.3. The topological polar surface area (TPSA) is 84.5 Å². The number of carbonyl (C=O) groups excluding carboxylic acids is 1. The number of rotatable bonds is 9. The molecule has 31 heavy (non-hydrogen) atoms. The van der Waals surface area contributed by atoms with E-state index in [0.717, 1.165) is 16.9 Å². The fraction of sp³-hybridized carbons (Fsp3) is 0.208. The van der Waals surface area contributed by atoms with E-state index in [1.54, 1.807) is 12.1 Å². The van der Waals surface area contributed by atoms with Crippen molar-refractivity contribution in [2.45, 2.75) is 25.2 Å². The first-order valence-electron chi connectivity index (χ1n) is 10.0. The summed E-state index contributed by atoms with van der Waals surface area (Å²) in [4.78, 5) is 12.4. The van der Waals surface area contributed by atoms with Gasteiger partial charge in [0.25, 0.3) is 15.9 Å². The van der Waals surface area contributed by atoms with Crippen molar-refractivity contribution in [2.75, 3.05) is 17.9 Å². The van der Waals surface area contributed by atoms with E-state index >= 15 is 0 Å². The van der Waals surface area contributed by atoms with Crippen molar-refractivity contribution in [2.24, 2.45) is 0 Å². The van der Waals surface area contributed by atoms with E-state index in [4.69, 9.17) is 4.74 Å². The van der Waals surface area contributed by atoms with E-state index in [9.17, 15) is 13.2 Å². The van der Waals surface area contributed by atoms with Crippen LogP contribution in [0.25, 0.3) is 0 Å². The molecule has 0 aliphatic heterocycles. The molecule has 0 aliphatic carbocycles. The van der Waals surface area contributed by atoms with Crippen LogP contribution >= 0.6 is 0 Å². The zero-order valence-corrected chi connectivity index (χ0v) is 18.4. The Balaban J connectivity index is 1.52. The quantitative estimate of drug-likeness (QED) is 0.488. The number of para-hydroxylation sites is 1. The molecule has 3 aromatic rings. The Kier molecular flexibility index (Phi) is 7.31. The summed E-state index contributed by atoms with van der Waals surface area (Å²) in [7, 11) is -3.74. The lowest BCUT2D eigenvalue weighted by molar-refractivity contribution is 0.0951. The van der Waals surface area contributed by atoms with E-state index < -0.39 is 10.0 Å². The second-order valence-corrected chi connectivity index (χ2v) is 8.83. The molecule has 7 heteroatoms. The van der Waals surface area contributed by atoms with Crippen LogP contribution in [0.3, 0.4) is 0 Å². The van der Waals surface area contributed by atoms with Crippen molar-refractivity contribution < 1.29 is 17.9 Å². The van der Waals surface area contributed by atoms with Crippen molar-refractivity contribution >= 4 is 21.6 Å². The third-order valence-corrected chi connectivity index (χ3v) is 6.28. The molecule has 2 N–H and O–H groups in total. The van der Waals surface area contributed by atoms with Gasteiger partial charge in [0, 0.05) is 12.1 Å². The van der Waals surface area contributed by atoms with Gasteiger partial charge < -0.3 is 10.1 Å². The molecule has 0 bridgehead atoms. The Hall–Kier alpha value is -3.32. The highest BCUT2D eigenvalue weighted by Gasteiger charge is 2.16. The lowest BCUT2D eigenvalue weighted by atomic mass is 10.1. The average Bonchev–Trinajstić information content (AvgIpc) is 2.77. The van der Waals surface area contributed by atoms with Crippen molar-refractivity contribution in [3.8, 4) is 5.75 Å². The van der Waals surface area contributed by atoms with Gasteiger partial charge >= 0.3 is 0 Å². The van der Waals surface area contributed by atoms with Crippen LogP contribution in [0.2, 0.25) is 0 Å². The van der Waals surface area contributed by atoms with Crippen molar-refractivity contribution in [1.29, 1.82) is 0 Å². The fourth-order valence-corrected chi connectivity index (χ4v) is 4.06. The molecule has 0 aliphatic rings. The van der Waals surface area contributed by atoms with Gasteiger partial charge in [0.05, 0.1) is 17.2 Å². The molecule has 0 radical (unpaired) electrons. The third kappa shape index (κ3) is 6.08. The summed E-state index contributed by atoms with van der Waals surface area (Å²) >= 11 is 0. The molecule has 0 atom stereocenters. The summed E-state index contributed by atoms with van der Waals surface area (Å²) in [6, 6.07) is 20.8. The zero-order valence-electron chi connectivity index (χ0n) is 17.6. The number of hydrogen-bond acceptors (Lipinski definition) is 4. The largest absolute Gasteiger partial charge is 0.494 e. The Morgan fingerprint density at radius 2 is 1.61 bits per heavy atom. The Labute approximate surface area is 183 Å². The van der Waals surface area contributed by atoms with E-state index in [2.05, 4.69) is 10.0 Å². The Morgan fingerprint density at radius 3 is 2.32 bits per heavy atom. The van der Waals surface area contributed by atoms with Gasteiger partial charge in [-0.15, -0.1) is 0 Å². The molecule has 3 aromatic carbocycles. The number of anilines is 1. The van der Waals surface area contributed by atoms with Crippen LogP contribution in [-0.4, -0.2) is 27.5 Å². The standard InChI is InChI=1S/C24H26N2O4S/c1-18-8-6-11-23(19(18)2)26-31(28,29)22-14-12-20(13-15-22)24(27)25-16-7-17-30-21-9-4-3-5-10-21/h3-6,8-15,26H,7,16-17H2,1-2H3,(H,25,27). The molecule has 0 saturated heterocycles. The molecule has 0 aromatic heterocycles. The molecule has 0 fully saturated rings. The normalized spacial score (nSPS) is 11.0. The summed E-state index contributed by atoms with van der Waals surface area (Å²) in [6.45, 7) is 4.74. The van der Waals surface area contributed by atoms with Crippen LogP contribution in [0.4, 0.5) is 5.69 Å². The van der Waals surface area contributed by atoms with Crippen LogP contribution < -0.4 is 14.8 Å². The monoisotopic (exact) mass is 438 g/mol. The molecule has 0 saturated carbocycles. The predicted octanol–water partition coefficient (Wildman–Crippen LogP) is 4.30. The van der Waals surface area contributed by atoms with Gasteiger partial charge in [-0.1, -0.05) is 30.3 Å². The highest BCUT2D eigenvalue weighted by molar-refractivity contribution is 7.92. The second-order valence-electron chi connectivity index (χ2n) is 7.15. The van der Waals surface area contributed by atoms with Crippen LogP contribution in [0.15, 0.2) is 77.7 Å². The van der Waals surface area contributed by atoms with E-state index in [0.29, 0.717) is 30.8 Å². The third-order valence-electron chi connectivity index (χ3n) is 4.89. The molecular weight excluding hydrogens is 412 g/mol.